The molecule has 9 heteroatoms. The van der Waals surface area contributed by atoms with Gasteiger partial charge in [-0.05, 0) is 63.2 Å². The molecular weight excluding hydrogens is 433 g/mol. The van der Waals surface area contributed by atoms with Crippen molar-refractivity contribution in [1.82, 2.24) is 9.88 Å². The van der Waals surface area contributed by atoms with E-state index in [0.717, 1.165) is 19.5 Å². The van der Waals surface area contributed by atoms with Gasteiger partial charge in [-0.2, -0.15) is 4.39 Å². The van der Waals surface area contributed by atoms with E-state index in [-0.39, 0.29) is 21.3 Å². The molecule has 1 N–H and O–H groups in total. The Kier molecular flexibility index (Phi) is 6.10. The average molecular weight is 457 g/mol. The van der Waals surface area contributed by atoms with Gasteiger partial charge in [0, 0.05) is 31.2 Å². The molecule has 2 unspecified atom stereocenters. The summed E-state index contributed by atoms with van der Waals surface area (Å²) < 4.78 is 45.6. The minimum absolute atomic E-state index is 0.106. The predicted molar refractivity (Wildman–Crippen MR) is 116 cm³/mol. The Bertz CT molecular complexity index is 943. The molecule has 1 aromatic carbocycles. The Morgan fingerprint density at radius 1 is 1.33 bits per heavy atom. The van der Waals surface area contributed by atoms with Gasteiger partial charge in [0.1, 0.15) is 21.6 Å². The van der Waals surface area contributed by atoms with Crippen LogP contribution >= 0.6 is 23.5 Å². The summed E-state index contributed by atoms with van der Waals surface area (Å²) in [4.78, 5) is 7.70. The van der Waals surface area contributed by atoms with E-state index in [0.29, 0.717) is 30.1 Å². The molecule has 1 aliphatic heterocycles. The van der Waals surface area contributed by atoms with Crippen LogP contribution in [0.15, 0.2) is 29.2 Å². The first-order valence-corrected chi connectivity index (χ1v) is 11.2. The van der Waals surface area contributed by atoms with Crippen molar-refractivity contribution in [2.75, 3.05) is 36.3 Å². The predicted octanol–water partition coefficient (Wildman–Crippen LogP) is 5.58. The lowest BCUT2D eigenvalue weighted by Crippen LogP contribution is -2.69. The molecule has 0 radical (unpaired) electrons. The van der Waals surface area contributed by atoms with Crippen molar-refractivity contribution in [3.8, 4) is 0 Å². The van der Waals surface area contributed by atoms with Crippen molar-refractivity contribution in [2.45, 2.75) is 36.6 Å². The van der Waals surface area contributed by atoms with Crippen molar-refractivity contribution in [1.29, 1.82) is 0 Å². The monoisotopic (exact) mass is 456 g/mol. The number of likely N-dealkylation sites (tertiary alicyclic amines) is 1. The van der Waals surface area contributed by atoms with Crippen molar-refractivity contribution in [2.24, 2.45) is 5.92 Å². The zero-order valence-corrected chi connectivity index (χ0v) is 18.5. The number of pyridine rings is 1. The third-order valence-electron chi connectivity index (χ3n) is 6.56. The maximum atomic E-state index is 15.0. The van der Waals surface area contributed by atoms with E-state index in [9.17, 15) is 13.2 Å². The number of rotatable bonds is 7. The number of nitrogens with zero attached hydrogens (tertiary/aromatic N) is 3. The minimum atomic E-state index is -0.830. The molecular formula is C21H24ClF3N4S. The molecule has 2 aliphatic rings. The molecule has 0 amide bonds. The van der Waals surface area contributed by atoms with Crippen LogP contribution < -0.4 is 9.62 Å². The Hall–Kier alpha value is -1.64. The Morgan fingerprint density at radius 3 is 2.70 bits per heavy atom. The molecule has 162 valence electrons. The maximum Gasteiger partial charge on any atom is 0.214 e. The van der Waals surface area contributed by atoms with Crippen LogP contribution in [0.4, 0.5) is 24.7 Å². The molecule has 2 aromatic rings. The molecule has 2 heterocycles. The van der Waals surface area contributed by atoms with Gasteiger partial charge in [-0.15, -0.1) is 0 Å². The van der Waals surface area contributed by atoms with E-state index in [2.05, 4.69) is 21.7 Å². The SMILES string of the molecule is CCN(CC1CCC12CCN2C)c1cc(F)c(SNc2cccc(F)n2)c(F)c1Cl. The van der Waals surface area contributed by atoms with Gasteiger partial charge in [-0.25, -0.2) is 13.8 Å². The second-order valence-corrected chi connectivity index (χ2v) is 9.13. The quantitative estimate of drug-likeness (QED) is 0.334. The van der Waals surface area contributed by atoms with E-state index in [1.54, 1.807) is 0 Å². The van der Waals surface area contributed by atoms with Crippen molar-refractivity contribution < 1.29 is 13.2 Å². The Balaban J connectivity index is 1.52. The molecule has 1 saturated heterocycles. The fourth-order valence-electron chi connectivity index (χ4n) is 4.52. The van der Waals surface area contributed by atoms with Crippen molar-refractivity contribution in [3.63, 3.8) is 0 Å². The van der Waals surface area contributed by atoms with Gasteiger partial charge in [0.05, 0.1) is 5.69 Å². The molecule has 4 nitrogen and oxygen atoms in total. The minimum Gasteiger partial charge on any atom is -0.370 e. The van der Waals surface area contributed by atoms with Gasteiger partial charge in [0.15, 0.2) is 5.82 Å². The number of nitrogens with one attached hydrogen (secondary N) is 1. The van der Waals surface area contributed by atoms with E-state index in [1.807, 2.05) is 11.8 Å². The van der Waals surface area contributed by atoms with Crippen LogP contribution in [0.5, 0.6) is 0 Å². The molecule has 4 rings (SSSR count). The van der Waals surface area contributed by atoms with Gasteiger partial charge < -0.3 is 14.5 Å². The first kappa shape index (κ1) is 21.6. The number of halogens is 4. The summed E-state index contributed by atoms with van der Waals surface area (Å²) in [5, 5.41) is -0.106. The van der Waals surface area contributed by atoms with E-state index >= 15 is 0 Å². The second-order valence-electron chi connectivity index (χ2n) is 7.93. The van der Waals surface area contributed by atoms with Crippen LogP contribution in [0.3, 0.4) is 0 Å². The van der Waals surface area contributed by atoms with E-state index in [4.69, 9.17) is 11.6 Å². The number of hydrogen-bond acceptors (Lipinski definition) is 5. The first-order chi connectivity index (χ1) is 14.4. The van der Waals surface area contributed by atoms with Crippen LogP contribution in [0, 0.1) is 23.5 Å². The van der Waals surface area contributed by atoms with Crippen LogP contribution in [0.2, 0.25) is 5.02 Å². The molecule has 2 fully saturated rings. The van der Waals surface area contributed by atoms with Crippen LogP contribution in [0.1, 0.15) is 26.2 Å². The van der Waals surface area contributed by atoms with Crippen molar-refractivity contribution in [3.05, 3.63) is 46.9 Å². The molecule has 1 aromatic heterocycles. The topological polar surface area (TPSA) is 31.4 Å². The summed E-state index contributed by atoms with van der Waals surface area (Å²) in [7, 11) is 2.14. The average Bonchev–Trinajstić information content (AvgIpc) is 2.70. The lowest BCUT2D eigenvalue weighted by molar-refractivity contribution is -0.103. The van der Waals surface area contributed by atoms with Crippen molar-refractivity contribution >= 4 is 35.1 Å². The van der Waals surface area contributed by atoms with Crippen LogP contribution in [0.25, 0.3) is 0 Å². The van der Waals surface area contributed by atoms with Gasteiger partial charge >= 0.3 is 0 Å². The summed E-state index contributed by atoms with van der Waals surface area (Å²) in [6, 6.07) is 5.44. The summed E-state index contributed by atoms with van der Waals surface area (Å²) in [6.07, 6.45) is 3.47. The van der Waals surface area contributed by atoms with Gasteiger partial charge in [-0.3, -0.25) is 0 Å². The second kappa shape index (κ2) is 8.48. The fraction of sp³-hybridized carbons (Fsp3) is 0.476. The zero-order valence-electron chi connectivity index (χ0n) is 16.9. The highest BCUT2D eigenvalue weighted by molar-refractivity contribution is 8.00. The molecule has 2 atom stereocenters. The van der Waals surface area contributed by atoms with Gasteiger partial charge in [-0.1, -0.05) is 17.7 Å². The van der Waals surface area contributed by atoms with Crippen LogP contribution in [-0.2, 0) is 0 Å². The number of hydrogen-bond donors (Lipinski definition) is 1. The van der Waals surface area contributed by atoms with E-state index in [1.165, 1.54) is 37.1 Å². The molecule has 1 aliphatic carbocycles. The van der Waals surface area contributed by atoms with Gasteiger partial charge in [0.2, 0.25) is 5.95 Å². The number of aromatic nitrogens is 1. The number of benzene rings is 1. The maximum absolute atomic E-state index is 15.0. The summed E-state index contributed by atoms with van der Waals surface area (Å²) in [6.45, 7) is 4.39. The molecule has 0 bridgehead atoms. The third kappa shape index (κ3) is 3.74. The highest BCUT2D eigenvalue weighted by Crippen LogP contribution is 2.51. The normalized spacial score (nSPS) is 23.2. The largest absolute Gasteiger partial charge is 0.370 e. The van der Waals surface area contributed by atoms with Crippen LogP contribution in [-0.4, -0.2) is 42.1 Å². The number of anilines is 2. The fourth-order valence-corrected chi connectivity index (χ4v) is 5.51. The van der Waals surface area contributed by atoms with E-state index < -0.39 is 17.6 Å². The standard InChI is InChI=1S/C21H24ClF3N4S/c1-3-29(12-13-7-8-21(13)9-10-28(21)2)15-11-14(23)20(19(25)18(15)22)30-27-17-6-4-5-16(24)26-17/h4-6,11,13H,3,7-10,12H2,1-2H3,(H,26,27). The summed E-state index contributed by atoms with van der Waals surface area (Å²) >= 11 is 7.01. The Labute approximate surface area is 183 Å². The summed E-state index contributed by atoms with van der Waals surface area (Å²) in [5.74, 6) is -1.60. The lowest BCUT2D eigenvalue weighted by Gasteiger charge is -2.63. The highest BCUT2D eigenvalue weighted by Gasteiger charge is 2.54. The molecule has 1 saturated carbocycles. The molecule has 30 heavy (non-hydrogen) atoms. The third-order valence-corrected chi connectivity index (χ3v) is 7.81. The smallest absolute Gasteiger partial charge is 0.214 e. The molecule has 1 spiro atoms. The Morgan fingerprint density at radius 2 is 2.13 bits per heavy atom. The lowest BCUT2D eigenvalue weighted by atomic mass is 9.59. The highest BCUT2D eigenvalue weighted by atomic mass is 35.5. The van der Waals surface area contributed by atoms with Gasteiger partial charge in [0.25, 0.3) is 0 Å². The summed E-state index contributed by atoms with van der Waals surface area (Å²) in [5.41, 5.74) is 0.612. The first-order valence-electron chi connectivity index (χ1n) is 10.0. The zero-order chi connectivity index (χ0) is 21.5.